The number of likely N-dealkylation sites (N-methyl/N-ethyl adjacent to an activating group) is 1. The van der Waals surface area contributed by atoms with Crippen molar-refractivity contribution in [1.82, 2.24) is 4.90 Å². The van der Waals surface area contributed by atoms with Crippen molar-refractivity contribution in [3.8, 4) is 0 Å². The third-order valence-corrected chi connectivity index (χ3v) is 4.43. The molecular weight excluding hydrogens is 160 g/mol. The summed E-state index contributed by atoms with van der Waals surface area (Å²) in [5.74, 6) is 0. The van der Waals surface area contributed by atoms with Crippen molar-refractivity contribution >= 4 is 0 Å². The predicted octanol–water partition coefficient (Wildman–Crippen LogP) is 0.145. The van der Waals surface area contributed by atoms with Crippen molar-refractivity contribution in [2.45, 2.75) is 57.8 Å². The molecular formula is C11H23N2+. The van der Waals surface area contributed by atoms with Crippen molar-refractivity contribution < 1.29 is 4.90 Å². The van der Waals surface area contributed by atoms with Gasteiger partial charge in [0.25, 0.3) is 0 Å². The van der Waals surface area contributed by atoms with E-state index in [1.54, 1.807) is 4.90 Å². The quantitative estimate of drug-likeness (QED) is 0.561. The van der Waals surface area contributed by atoms with Gasteiger partial charge in [0.05, 0.1) is 25.7 Å². The zero-order chi connectivity index (χ0) is 9.59. The fraction of sp³-hybridized carbons (Fsp3) is 1.00. The van der Waals surface area contributed by atoms with Crippen LogP contribution in [-0.4, -0.2) is 42.7 Å². The largest absolute Gasteiger partial charge is 0.331 e. The van der Waals surface area contributed by atoms with Gasteiger partial charge < -0.3 is 4.90 Å². The molecule has 0 spiro atoms. The van der Waals surface area contributed by atoms with Crippen molar-refractivity contribution in [2.24, 2.45) is 0 Å². The molecule has 0 saturated carbocycles. The number of hydrogen-bond acceptors (Lipinski definition) is 1. The Morgan fingerprint density at radius 3 is 2.54 bits per heavy atom. The van der Waals surface area contributed by atoms with Gasteiger partial charge >= 0.3 is 0 Å². The van der Waals surface area contributed by atoms with E-state index in [1.165, 1.54) is 19.4 Å². The van der Waals surface area contributed by atoms with Crippen LogP contribution < -0.4 is 4.90 Å². The summed E-state index contributed by atoms with van der Waals surface area (Å²) < 4.78 is 0. The monoisotopic (exact) mass is 183 g/mol. The second-order valence-corrected chi connectivity index (χ2v) is 5.12. The van der Waals surface area contributed by atoms with E-state index < -0.39 is 0 Å². The zero-order valence-corrected chi connectivity index (χ0v) is 9.38. The second kappa shape index (κ2) is 3.25. The summed E-state index contributed by atoms with van der Waals surface area (Å²) in [4.78, 5) is 4.47. The van der Waals surface area contributed by atoms with Crippen LogP contribution in [0.2, 0.25) is 0 Å². The van der Waals surface area contributed by atoms with E-state index >= 15 is 0 Å². The van der Waals surface area contributed by atoms with E-state index in [0.29, 0.717) is 0 Å². The van der Waals surface area contributed by atoms with Gasteiger partial charge in [-0.3, -0.25) is 4.90 Å². The molecule has 2 heteroatoms. The molecule has 13 heavy (non-hydrogen) atoms. The first-order valence-corrected chi connectivity index (χ1v) is 5.70. The van der Waals surface area contributed by atoms with E-state index in [1.807, 2.05) is 0 Å². The Morgan fingerprint density at radius 2 is 1.85 bits per heavy atom. The lowest BCUT2D eigenvalue weighted by Crippen LogP contribution is -3.19. The molecule has 0 bridgehead atoms. The van der Waals surface area contributed by atoms with E-state index in [9.17, 15) is 0 Å². The second-order valence-electron chi connectivity index (χ2n) is 5.12. The van der Waals surface area contributed by atoms with Crippen molar-refractivity contribution in [2.75, 3.05) is 13.6 Å². The Labute approximate surface area is 81.9 Å². The highest BCUT2D eigenvalue weighted by Gasteiger charge is 2.43. The minimum absolute atomic E-state index is 0.812. The van der Waals surface area contributed by atoms with Crippen LogP contribution in [0.15, 0.2) is 0 Å². The van der Waals surface area contributed by atoms with Gasteiger partial charge in [-0.2, -0.15) is 0 Å². The molecule has 0 aromatic heterocycles. The molecule has 5 atom stereocenters. The number of quaternary nitrogens is 1. The maximum atomic E-state index is 2.74. The number of piperazine rings is 1. The summed E-state index contributed by atoms with van der Waals surface area (Å²) in [5.41, 5.74) is 0. The zero-order valence-electron chi connectivity index (χ0n) is 9.38. The fourth-order valence-electron chi connectivity index (χ4n) is 3.14. The first kappa shape index (κ1) is 9.47. The molecule has 0 aromatic carbocycles. The Kier molecular flexibility index (Phi) is 2.37. The van der Waals surface area contributed by atoms with Gasteiger partial charge in [0.2, 0.25) is 0 Å². The highest BCUT2D eigenvalue weighted by Crippen LogP contribution is 2.27. The van der Waals surface area contributed by atoms with E-state index in [-0.39, 0.29) is 0 Å². The number of hydrogen-bond donors (Lipinski definition) is 1. The van der Waals surface area contributed by atoms with Crippen molar-refractivity contribution in [1.29, 1.82) is 0 Å². The van der Waals surface area contributed by atoms with E-state index in [4.69, 9.17) is 0 Å². The van der Waals surface area contributed by atoms with Crippen LogP contribution in [0.25, 0.3) is 0 Å². The van der Waals surface area contributed by atoms with Crippen molar-refractivity contribution in [3.05, 3.63) is 0 Å². The van der Waals surface area contributed by atoms with Gasteiger partial charge in [0.15, 0.2) is 0 Å². The lowest BCUT2D eigenvalue weighted by Gasteiger charge is -2.44. The fourth-order valence-corrected chi connectivity index (χ4v) is 3.14. The molecule has 0 aromatic rings. The lowest BCUT2D eigenvalue weighted by molar-refractivity contribution is -0.935. The molecule has 2 nitrogen and oxygen atoms in total. The summed E-state index contributed by atoms with van der Waals surface area (Å²) >= 11 is 0. The molecule has 2 saturated heterocycles. The average molecular weight is 183 g/mol. The molecule has 2 aliphatic rings. The SMILES string of the molecule is CC1CCC2C(C)[NH+](C)C(C)CN12. The standard InChI is InChI=1S/C11H22N2/c1-8-5-6-11-10(3)12(4)9(2)7-13(8)11/h8-11H,5-7H2,1-4H3/p+1. The number of rotatable bonds is 0. The molecule has 2 fully saturated rings. The summed E-state index contributed by atoms with van der Waals surface area (Å²) in [6.07, 6.45) is 2.83. The van der Waals surface area contributed by atoms with Gasteiger partial charge in [-0.25, -0.2) is 0 Å². The van der Waals surface area contributed by atoms with Crippen LogP contribution in [0.4, 0.5) is 0 Å². The molecule has 76 valence electrons. The number of nitrogens with zero attached hydrogens (tertiary/aromatic N) is 1. The third-order valence-electron chi connectivity index (χ3n) is 4.43. The molecule has 2 rings (SSSR count). The maximum absolute atomic E-state index is 2.74. The van der Waals surface area contributed by atoms with Crippen LogP contribution in [0.3, 0.4) is 0 Å². The maximum Gasteiger partial charge on any atom is 0.100 e. The molecule has 0 aliphatic carbocycles. The van der Waals surface area contributed by atoms with Crippen molar-refractivity contribution in [3.63, 3.8) is 0 Å². The minimum atomic E-state index is 0.812. The normalized spacial score (nSPS) is 52.2. The summed E-state index contributed by atoms with van der Waals surface area (Å²) in [5, 5.41) is 0. The molecule has 0 radical (unpaired) electrons. The highest BCUT2D eigenvalue weighted by molar-refractivity contribution is 4.91. The Balaban J connectivity index is 2.13. The third kappa shape index (κ3) is 1.40. The van der Waals surface area contributed by atoms with Gasteiger partial charge in [-0.1, -0.05) is 0 Å². The Hall–Kier alpha value is -0.0800. The smallest absolute Gasteiger partial charge is 0.100 e. The Bertz CT molecular complexity index is 193. The van der Waals surface area contributed by atoms with Crippen LogP contribution >= 0.6 is 0 Å². The van der Waals surface area contributed by atoms with Gasteiger partial charge in [0, 0.05) is 6.04 Å². The topological polar surface area (TPSA) is 7.68 Å². The predicted molar refractivity (Wildman–Crippen MR) is 55.0 cm³/mol. The van der Waals surface area contributed by atoms with Crippen LogP contribution in [0.1, 0.15) is 33.6 Å². The highest BCUT2D eigenvalue weighted by atomic mass is 15.3. The minimum Gasteiger partial charge on any atom is -0.331 e. The summed E-state index contributed by atoms with van der Waals surface area (Å²) in [6, 6.07) is 3.34. The molecule has 5 unspecified atom stereocenters. The van der Waals surface area contributed by atoms with Crippen LogP contribution in [-0.2, 0) is 0 Å². The summed E-state index contributed by atoms with van der Waals surface area (Å²) in [7, 11) is 2.36. The van der Waals surface area contributed by atoms with Crippen LogP contribution in [0, 0.1) is 0 Å². The van der Waals surface area contributed by atoms with Gasteiger partial charge in [-0.05, 0) is 33.6 Å². The number of fused-ring (bicyclic) bond motifs is 1. The van der Waals surface area contributed by atoms with Gasteiger partial charge in [-0.15, -0.1) is 0 Å². The van der Waals surface area contributed by atoms with Crippen LogP contribution in [0.5, 0.6) is 0 Å². The lowest BCUT2D eigenvalue weighted by atomic mass is 10.0. The molecule has 0 amide bonds. The molecule has 2 aliphatic heterocycles. The Morgan fingerprint density at radius 1 is 1.15 bits per heavy atom. The summed E-state index contributed by atoms with van der Waals surface area (Å²) in [6.45, 7) is 8.50. The number of nitrogens with one attached hydrogen (secondary N) is 1. The van der Waals surface area contributed by atoms with E-state index in [2.05, 4.69) is 32.7 Å². The van der Waals surface area contributed by atoms with E-state index in [0.717, 1.165) is 24.2 Å². The first-order valence-electron chi connectivity index (χ1n) is 5.70. The first-order chi connectivity index (χ1) is 6.11. The van der Waals surface area contributed by atoms with Gasteiger partial charge in [0.1, 0.15) is 6.04 Å². The molecule has 1 N–H and O–H groups in total. The molecule has 2 heterocycles. The average Bonchev–Trinajstić information content (AvgIpc) is 2.45.